The van der Waals surface area contributed by atoms with Crippen LogP contribution in [0.4, 0.5) is 5.69 Å². The summed E-state index contributed by atoms with van der Waals surface area (Å²) in [6.07, 6.45) is -0.0929. The Morgan fingerprint density at radius 2 is 2.18 bits per heavy atom. The zero-order valence-electron chi connectivity index (χ0n) is 11.2. The maximum Gasteiger partial charge on any atom is 0.262 e. The van der Waals surface area contributed by atoms with Crippen LogP contribution in [0, 0.1) is 0 Å². The number of hydrogen-bond acceptors (Lipinski definition) is 6. The van der Waals surface area contributed by atoms with Gasteiger partial charge in [0.25, 0.3) is 5.91 Å². The molecule has 1 aliphatic heterocycles. The van der Waals surface area contributed by atoms with Crippen LogP contribution >= 0.6 is 11.8 Å². The molecule has 8 nitrogen and oxygen atoms in total. The van der Waals surface area contributed by atoms with Crippen molar-refractivity contribution in [2.45, 2.75) is 11.7 Å². The molecule has 0 saturated heterocycles. The lowest BCUT2D eigenvalue weighted by Crippen LogP contribution is -2.21. The maximum absolute atomic E-state index is 11.6. The fourth-order valence-electron chi connectivity index (χ4n) is 2.03. The first-order chi connectivity index (χ1) is 10.5. The number of azo groups is 1. The Hall–Kier alpha value is -2.68. The standard InChI is InChI=1S/C13H11N5O3S/c14-9(19)5-8-11(20)16-13(22-8)18-17-10-6-3-1-2-4-7(6)15-12(10)21/h1-4,8,15,21H,5H2,(H2,14,19). The van der Waals surface area contributed by atoms with Gasteiger partial charge in [0.2, 0.25) is 17.0 Å². The molecule has 112 valence electrons. The van der Waals surface area contributed by atoms with E-state index >= 15 is 0 Å². The van der Waals surface area contributed by atoms with Crippen molar-refractivity contribution in [2.24, 2.45) is 21.0 Å². The zero-order valence-corrected chi connectivity index (χ0v) is 12.0. The zero-order chi connectivity index (χ0) is 15.7. The molecule has 2 amide bonds. The minimum atomic E-state index is -0.650. The molecule has 0 spiro atoms. The number of amidine groups is 1. The number of rotatable bonds is 3. The van der Waals surface area contributed by atoms with Crippen LogP contribution in [0.2, 0.25) is 0 Å². The molecular weight excluding hydrogens is 306 g/mol. The second-order valence-corrected chi connectivity index (χ2v) is 5.75. The first-order valence-corrected chi connectivity index (χ1v) is 7.21. The van der Waals surface area contributed by atoms with Crippen LogP contribution in [0.3, 0.4) is 0 Å². The van der Waals surface area contributed by atoms with E-state index in [9.17, 15) is 14.7 Å². The summed E-state index contributed by atoms with van der Waals surface area (Å²) in [6.45, 7) is 0. The van der Waals surface area contributed by atoms with Crippen molar-refractivity contribution >= 4 is 45.3 Å². The van der Waals surface area contributed by atoms with Crippen LogP contribution in [0.15, 0.2) is 39.5 Å². The lowest BCUT2D eigenvalue weighted by molar-refractivity contribution is -0.122. The Morgan fingerprint density at radius 3 is 2.95 bits per heavy atom. The number of nitrogens with one attached hydrogen (secondary N) is 1. The van der Waals surface area contributed by atoms with Gasteiger partial charge in [-0.05, 0) is 6.07 Å². The Balaban J connectivity index is 1.82. The van der Waals surface area contributed by atoms with Crippen LogP contribution < -0.4 is 5.73 Å². The van der Waals surface area contributed by atoms with E-state index < -0.39 is 17.1 Å². The minimum Gasteiger partial charge on any atom is -0.493 e. The number of nitrogens with two attached hydrogens (primary N) is 1. The third-order valence-corrected chi connectivity index (χ3v) is 4.05. The number of hydrogen-bond donors (Lipinski definition) is 3. The van der Waals surface area contributed by atoms with Crippen molar-refractivity contribution in [1.29, 1.82) is 0 Å². The number of primary amides is 1. The largest absolute Gasteiger partial charge is 0.493 e. The first kappa shape index (κ1) is 14.3. The highest BCUT2D eigenvalue weighted by Gasteiger charge is 2.30. The number of H-pyrrole nitrogens is 1. The summed E-state index contributed by atoms with van der Waals surface area (Å²) in [7, 11) is 0. The molecule has 0 bridgehead atoms. The van der Waals surface area contributed by atoms with E-state index in [2.05, 4.69) is 20.2 Å². The van der Waals surface area contributed by atoms with Crippen LogP contribution in [0.5, 0.6) is 5.88 Å². The van der Waals surface area contributed by atoms with Gasteiger partial charge in [-0.25, -0.2) is 0 Å². The molecule has 4 N–H and O–H groups in total. The maximum atomic E-state index is 11.6. The number of nitrogens with zero attached hydrogens (tertiary/aromatic N) is 3. The summed E-state index contributed by atoms with van der Waals surface area (Å²) in [6, 6.07) is 7.21. The molecule has 3 rings (SSSR count). The molecule has 2 heterocycles. The highest BCUT2D eigenvalue weighted by atomic mass is 32.2. The summed E-state index contributed by atoms with van der Waals surface area (Å²) in [4.78, 5) is 28.9. The summed E-state index contributed by atoms with van der Waals surface area (Å²) >= 11 is 1.03. The van der Waals surface area contributed by atoms with E-state index in [0.717, 1.165) is 17.3 Å². The van der Waals surface area contributed by atoms with Crippen molar-refractivity contribution < 1.29 is 14.7 Å². The fourth-order valence-corrected chi connectivity index (χ4v) is 2.92. The number of aliphatic imine (C=N–C) groups is 1. The molecule has 1 aliphatic rings. The van der Waals surface area contributed by atoms with Gasteiger partial charge in [0.1, 0.15) is 5.25 Å². The van der Waals surface area contributed by atoms with Gasteiger partial charge in [0.05, 0.1) is 5.52 Å². The lowest BCUT2D eigenvalue weighted by atomic mass is 10.2. The number of aromatic hydroxyl groups is 1. The highest BCUT2D eigenvalue weighted by Crippen LogP contribution is 2.36. The quantitative estimate of drug-likeness (QED) is 0.744. The molecule has 9 heteroatoms. The number of aromatic amines is 1. The number of carbonyl (C=O) groups is 2. The van der Waals surface area contributed by atoms with E-state index in [1.807, 2.05) is 12.1 Å². The number of fused-ring (bicyclic) bond motifs is 1. The summed E-state index contributed by atoms with van der Waals surface area (Å²) in [5.41, 5.74) is 6.05. The van der Waals surface area contributed by atoms with Gasteiger partial charge in [0.15, 0.2) is 5.69 Å². The van der Waals surface area contributed by atoms with Crippen molar-refractivity contribution in [2.75, 3.05) is 0 Å². The average molecular weight is 317 g/mol. The summed E-state index contributed by atoms with van der Waals surface area (Å²) < 4.78 is 0. The van der Waals surface area contributed by atoms with Gasteiger partial charge in [-0.3, -0.25) is 9.59 Å². The van der Waals surface area contributed by atoms with E-state index in [4.69, 9.17) is 5.73 Å². The topological polar surface area (TPSA) is 133 Å². The molecule has 22 heavy (non-hydrogen) atoms. The monoisotopic (exact) mass is 317 g/mol. The fraction of sp³-hybridized carbons (Fsp3) is 0.154. The van der Waals surface area contributed by atoms with Crippen molar-refractivity contribution in [3.63, 3.8) is 0 Å². The van der Waals surface area contributed by atoms with Gasteiger partial charge in [0, 0.05) is 11.8 Å². The Morgan fingerprint density at radius 1 is 1.41 bits per heavy atom. The molecule has 1 aromatic carbocycles. The average Bonchev–Trinajstić information content (AvgIpc) is 2.96. The number of para-hydroxylation sites is 1. The third-order valence-electron chi connectivity index (χ3n) is 3.01. The van der Waals surface area contributed by atoms with Gasteiger partial charge >= 0.3 is 0 Å². The second-order valence-electron chi connectivity index (χ2n) is 4.58. The Kier molecular flexibility index (Phi) is 3.63. The van der Waals surface area contributed by atoms with Gasteiger partial charge in [-0.2, -0.15) is 4.99 Å². The Labute approximate surface area is 128 Å². The normalized spacial score (nSPS) is 18.3. The third kappa shape index (κ3) is 2.70. The SMILES string of the molecule is NC(=O)CC1SC(N=Nc2c(O)[nH]c3ccccc23)=NC1=O. The molecule has 2 aromatic rings. The van der Waals surface area contributed by atoms with Gasteiger partial charge in [-0.1, -0.05) is 30.0 Å². The van der Waals surface area contributed by atoms with Crippen LogP contribution in [0.25, 0.3) is 10.9 Å². The number of thioether (sulfide) groups is 1. The second kappa shape index (κ2) is 5.60. The van der Waals surface area contributed by atoms with E-state index in [-0.39, 0.29) is 23.2 Å². The first-order valence-electron chi connectivity index (χ1n) is 6.33. The molecule has 1 atom stereocenters. The molecule has 1 aromatic heterocycles. The van der Waals surface area contributed by atoms with Crippen molar-refractivity contribution in [3.8, 4) is 5.88 Å². The lowest BCUT2D eigenvalue weighted by Gasteiger charge is -2.00. The summed E-state index contributed by atoms with van der Waals surface area (Å²) in [5, 5.41) is 17.9. The molecule has 0 radical (unpaired) electrons. The van der Waals surface area contributed by atoms with Crippen LogP contribution in [0.1, 0.15) is 6.42 Å². The van der Waals surface area contributed by atoms with E-state index in [1.165, 1.54) is 0 Å². The number of carbonyl (C=O) groups excluding carboxylic acids is 2. The smallest absolute Gasteiger partial charge is 0.262 e. The minimum absolute atomic E-state index is 0.0929. The molecular formula is C13H11N5O3S. The van der Waals surface area contributed by atoms with Gasteiger partial charge in [-0.15, -0.1) is 10.2 Å². The number of benzene rings is 1. The van der Waals surface area contributed by atoms with Crippen LogP contribution in [-0.2, 0) is 9.59 Å². The number of amides is 2. The van der Waals surface area contributed by atoms with Crippen molar-refractivity contribution in [3.05, 3.63) is 24.3 Å². The predicted molar refractivity (Wildman–Crippen MR) is 82.1 cm³/mol. The van der Waals surface area contributed by atoms with Crippen molar-refractivity contribution in [1.82, 2.24) is 4.98 Å². The molecule has 0 fully saturated rings. The molecule has 1 unspecified atom stereocenters. The highest BCUT2D eigenvalue weighted by molar-refractivity contribution is 8.15. The summed E-state index contributed by atoms with van der Waals surface area (Å²) in [5.74, 6) is -1.15. The Bertz CT molecular complexity index is 826. The van der Waals surface area contributed by atoms with Crippen LogP contribution in [-0.4, -0.2) is 32.3 Å². The van der Waals surface area contributed by atoms with E-state index in [0.29, 0.717) is 5.39 Å². The predicted octanol–water partition coefficient (Wildman–Crippen LogP) is 1.83. The molecule has 0 saturated carbocycles. The molecule has 0 aliphatic carbocycles. The van der Waals surface area contributed by atoms with E-state index in [1.54, 1.807) is 12.1 Å². The van der Waals surface area contributed by atoms with Gasteiger partial charge < -0.3 is 15.8 Å². The number of aromatic nitrogens is 1.